The maximum Gasteiger partial charge on any atom is 0.142 e. The van der Waals surface area contributed by atoms with Crippen LogP contribution in [0.15, 0.2) is 40.9 Å². The van der Waals surface area contributed by atoms with Crippen molar-refractivity contribution in [3.8, 4) is 5.75 Å². The molecule has 0 bridgehead atoms. The van der Waals surface area contributed by atoms with Crippen molar-refractivity contribution in [1.29, 1.82) is 0 Å². The molecule has 0 saturated heterocycles. The minimum absolute atomic E-state index is 0.289. The SMILES string of the molecule is NCc1cccc(Cl)c1OCc1ccc(F)cc1Br. The van der Waals surface area contributed by atoms with Crippen LogP contribution in [0, 0.1) is 5.82 Å². The molecule has 0 saturated carbocycles. The molecule has 0 unspecified atom stereocenters. The number of rotatable bonds is 4. The van der Waals surface area contributed by atoms with E-state index in [-0.39, 0.29) is 12.4 Å². The molecule has 2 aromatic carbocycles. The average Bonchev–Trinajstić information content (AvgIpc) is 2.39. The molecule has 2 rings (SSSR count). The molecular formula is C14H12BrClFNO. The maximum absolute atomic E-state index is 13.0. The molecule has 0 aromatic heterocycles. The van der Waals surface area contributed by atoms with Crippen molar-refractivity contribution in [2.24, 2.45) is 5.73 Å². The van der Waals surface area contributed by atoms with Crippen LogP contribution in [0.2, 0.25) is 5.02 Å². The van der Waals surface area contributed by atoms with Crippen molar-refractivity contribution in [2.75, 3.05) is 0 Å². The highest BCUT2D eigenvalue weighted by Gasteiger charge is 2.09. The quantitative estimate of drug-likeness (QED) is 0.898. The lowest BCUT2D eigenvalue weighted by atomic mass is 10.2. The van der Waals surface area contributed by atoms with Crippen molar-refractivity contribution in [3.05, 3.63) is 62.8 Å². The highest BCUT2D eigenvalue weighted by atomic mass is 79.9. The third-order valence-corrected chi connectivity index (χ3v) is 3.69. The van der Waals surface area contributed by atoms with Crippen LogP contribution in [0.1, 0.15) is 11.1 Å². The van der Waals surface area contributed by atoms with E-state index >= 15 is 0 Å². The summed E-state index contributed by atoms with van der Waals surface area (Å²) < 4.78 is 19.3. The molecule has 0 aliphatic rings. The summed E-state index contributed by atoms with van der Waals surface area (Å²) in [5.41, 5.74) is 7.32. The molecule has 2 aromatic rings. The van der Waals surface area contributed by atoms with Gasteiger partial charge in [-0.2, -0.15) is 0 Å². The van der Waals surface area contributed by atoms with Gasteiger partial charge in [0.1, 0.15) is 18.2 Å². The summed E-state index contributed by atoms with van der Waals surface area (Å²) in [6.45, 7) is 0.637. The summed E-state index contributed by atoms with van der Waals surface area (Å²) in [5, 5.41) is 0.515. The first-order valence-corrected chi connectivity index (χ1v) is 6.83. The third kappa shape index (κ3) is 3.47. The standard InChI is InChI=1S/C14H12BrClFNO/c15-12-6-11(17)5-4-10(12)8-19-14-9(7-18)2-1-3-13(14)16/h1-6H,7-8,18H2. The molecule has 0 spiro atoms. The lowest BCUT2D eigenvalue weighted by Crippen LogP contribution is -2.03. The molecule has 19 heavy (non-hydrogen) atoms. The Morgan fingerprint density at radius 2 is 2.00 bits per heavy atom. The van der Waals surface area contributed by atoms with Crippen LogP contribution in [0.3, 0.4) is 0 Å². The first-order valence-electron chi connectivity index (χ1n) is 5.66. The van der Waals surface area contributed by atoms with Crippen LogP contribution >= 0.6 is 27.5 Å². The highest BCUT2D eigenvalue weighted by molar-refractivity contribution is 9.10. The Morgan fingerprint density at radius 3 is 2.68 bits per heavy atom. The normalized spacial score (nSPS) is 10.5. The molecular weight excluding hydrogens is 333 g/mol. The first-order chi connectivity index (χ1) is 9.11. The summed E-state index contributed by atoms with van der Waals surface area (Å²) in [7, 11) is 0. The van der Waals surface area contributed by atoms with Crippen molar-refractivity contribution in [1.82, 2.24) is 0 Å². The lowest BCUT2D eigenvalue weighted by molar-refractivity contribution is 0.302. The van der Waals surface area contributed by atoms with Gasteiger partial charge in [-0.1, -0.05) is 45.7 Å². The number of hydrogen-bond donors (Lipinski definition) is 1. The zero-order valence-electron chi connectivity index (χ0n) is 10.00. The van der Waals surface area contributed by atoms with Crippen LogP contribution in [0.5, 0.6) is 5.75 Å². The maximum atomic E-state index is 13.0. The minimum atomic E-state index is -0.295. The van der Waals surface area contributed by atoms with Crippen LogP contribution in [-0.4, -0.2) is 0 Å². The fraction of sp³-hybridized carbons (Fsp3) is 0.143. The number of para-hydroxylation sites is 1. The fourth-order valence-electron chi connectivity index (χ4n) is 1.66. The molecule has 0 aliphatic heterocycles. The van der Waals surface area contributed by atoms with Gasteiger partial charge in [0, 0.05) is 22.1 Å². The van der Waals surface area contributed by atoms with Crippen molar-refractivity contribution < 1.29 is 9.13 Å². The van der Waals surface area contributed by atoms with Gasteiger partial charge >= 0.3 is 0 Å². The second-order valence-electron chi connectivity index (χ2n) is 3.96. The van der Waals surface area contributed by atoms with E-state index in [1.165, 1.54) is 12.1 Å². The van der Waals surface area contributed by atoms with Gasteiger partial charge < -0.3 is 10.5 Å². The van der Waals surface area contributed by atoms with Gasteiger partial charge in [0.25, 0.3) is 0 Å². The van der Waals surface area contributed by atoms with Crippen molar-refractivity contribution >= 4 is 27.5 Å². The van der Waals surface area contributed by atoms with Gasteiger partial charge in [-0.3, -0.25) is 0 Å². The van der Waals surface area contributed by atoms with E-state index < -0.39 is 0 Å². The largest absolute Gasteiger partial charge is 0.487 e. The zero-order chi connectivity index (χ0) is 13.8. The topological polar surface area (TPSA) is 35.2 Å². The van der Waals surface area contributed by atoms with Gasteiger partial charge in [-0.05, 0) is 18.2 Å². The average molecular weight is 345 g/mol. The Balaban J connectivity index is 2.19. The highest BCUT2D eigenvalue weighted by Crippen LogP contribution is 2.30. The lowest BCUT2D eigenvalue weighted by Gasteiger charge is -2.13. The Morgan fingerprint density at radius 1 is 1.21 bits per heavy atom. The van der Waals surface area contributed by atoms with Gasteiger partial charge in [-0.15, -0.1) is 0 Å². The molecule has 0 amide bonds. The molecule has 2 nitrogen and oxygen atoms in total. The first kappa shape index (κ1) is 14.3. The smallest absolute Gasteiger partial charge is 0.142 e. The molecule has 2 N–H and O–H groups in total. The number of halogens is 3. The number of nitrogens with two attached hydrogens (primary N) is 1. The van der Waals surface area contributed by atoms with E-state index in [0.29, 0.717) is 21.8 Å². The summed E-state index contributed by atoms with van der Waals surface area (Å²) >= 11 is 9.38. The van der Waals surface area contributed by atoms with Gasteiger partial charge in [0.2, 0.25) is 0 Å². The van der Waals surface area contributed by atoms with Gasteiger partial charge in [0.15, 0.2) is 0 Å². The summed E-state index contributed by atoms with van der Waals surface area (Å²) in [6, 6.07) is 9.88. The fourth-order valence-corrected chi connectivity index (χ4v) is 2.38. The second kappa shape index (κ2) is 6.37. The van der Waals surface area contributed by atoms with E-state index in [2.05, 4.69) is 15.9 Å². The predicted molar refractivity (Wildman–Crippen MR) is 77.8 cm³/mol. The number of ether oxygens (including phenoxy) is 1. The number of hydrogen-bond acceptors (Lipinski definition) is 2. The second-order valence-corrected chi connectivity index (χ2v) is 5.22. The molecule has 0 fully saturated rings. The Bertz CT molecular complexity index is 592. The predicted octanol–water partition coefficient (Wildman–Crippen LogP) is 4.28. The monoisotopic (exact) mass is 343 g/mol. The van der Waals surface area contributed by atoms with Gasteiger partial charge in [0.05, 0.1) is 5.02 Å². The van der Waals surface area contributed by atoms with E-state index in [4.69, 9.17) is 22.1 Å². The van der Waals surface area contributed by atoms with Crippen LogP contribution in [0.4, 0.5) is 4.39 Å². The molecule has 0 atom stereocenters. The number of benzene rings is 2. The van der Waals surface area contributed by atoms with Crippen LogP contribution in [0.25, 0.3) is 0 Å². The Kier molecular flexibility index (Phi) is 4.80. The summed E-state index contributed by atoms with van der Waals surface area (Å²) in [5.74, 6) is 0.277. The van der Waals surface area contributed by atoms with E-state index in [1.807, 2.05) is 12.1 Å². The zero-order valence-corrected chi connectivity index (χ0v) is 12.3. The van der Waals surface area contributed by atoms with Crippen molar-refractivity contribution in [3.63, 3.8) is 0 Å². The molecule has 0 aliphatic carbocycles. The van der Waals surface area contributed by atoms with E-state index in [0.717, 1.165) is 11.1 Å². The molecule has 0 heterocycles. The van der Waals surface area contributed by atoms with Crippen LogP contribution in [-0.2, 0) is 13.2 Å². The van der Waals surface area contributed by atoms with Gasteiger partial charge in [-0.25, -0.2) is 4.39 Å². The van der Waals surface area contributed by atoms with E-state index in [9.17, 15) is 4.39 Å². The summed E-state index contributed by atoms with van der Waals surface area (Å²) in [6.07, 6.45) is 0. The molecule has 0 radical (unpaired) electrons. The molecule has 100 valence electrons. The third-order valence-electron chi connectivity index (χ3n) is 2.66. The Labute approximate surface area is 124 Å². The van der Waals surface area contributed by atoms with E-state index in [1.54, 1.807) is 12.1 Å². The van der Waals surface area contributed by atoms with Crippen LogP contribution < -0.4 is 10.5 Å². The summed E-state index contributed by atoms with van der Waals surface area (Å²) in [4.78, 5) is 0. The minimum Gasteiger partial charge on any atom is -0.487 e. The Hall–Kier alpha value is -1.10. The molecule has 5 heteroatoms. The van der Waals surface area contributed by atoms with Crippen molar-refractivity contribution in [2.45, 2.75) is 13.2 Å².